The summed E-state index contributed by atoms with van der Waals surface area (Å²) in [6, 6.07) is 3.38. The standard InChI is InChI=1S/C10H8ClF2N3O2S/c1-16-9(14-15-10(16)19(11,17)18)5-6-2-3-7(12)8(13)4-6/h2-4H,5H2,1H3. The predicted octanol–water partition coefficient (Wildman–Crippen LogP) is 1.61. The molecule has 2 aromatic rings. The minimum Gasteiger partial charge on any atom is -0.304 e. The van der Waals surface area contributed by atoms with Crippen LogP contribution in [0.4, 0.5) is 8.78 Å². The normalized spacial score (nSPS) is 11.8. The molecule has 0 aliphatic heterocycles. The van der Waals surface area contributed by atoms with Gasteiger partial charge in [0.25, 0.3) is 14.2 Å². The molecule has 0 bridgehead atoms. The van der Waals surface area contributed by atoms with Crippen molar-refractivity contribution in [2.75, 3.05) is 0 Å². The molecular formula is C10H8ClF2N3O2S. The summed E-state index contributed by atoms with van der Waals surface area (Å²) in [4.78, 5) is 0. The Hall–Kier alpha value is -1.54. The summed E-state index contributed by atoms with van der Waals surface area (Å²) in [6.45, 7) is 0. The zero-order valence-corrected chi connectivity index (χ0v) is 11.2. The van der Waals surface area contributed by atoms with Crippen molar-refractivity contribution in [3.63, 3.8) is 0 Å². The fraction of sp³-hybridized carbons (Fsp3) is 0.200. The first-order valence-electron chi connectivity index (χ1n) is 5.06. The Morgan fingerprint density at radius 3 is 2.47 bits per heavy atom. The first-order valence-corrected chi connectivity index (χ1v) is 7.37. The summed E-state index contributed by atoms with van der Waals surface area (Å²) in [6.07, 6.45) is 0.104. The van der Waals surface area contributed by atoms with E-state index in [4.69, 9.17) is 10.7 Å². The highest BCUT2D eigenvalue weighted by atomic mass is 35.7. The molecule has 102 valence electrons. The zero-order chi connectivity index (χ0) is 14.2. The van der Waals surface area contributed by atoms with Crippen LogP contribution in [0, 0.1) is 11.6 Å². The van der Waals surface area contributed by atoms with Gasteiger partial charge in [-0.15, -0.1) is 10.2 Å². The molecule has 1 aromatic heterocycles. The number of hydrogen-bond acceptors (Lipinski definition) is 4. The Labute approximate surface area is 112 Å². The quantitative estimate of drug-likeness (QED) is 0.808. The van der Waals surface area contributed by atoms with Gasteiger partial charge in [-0.2, -0.15) is 0 Å². The molecule has 9 heteroatoms. The molecule has 0 aliphatic rings. The second kappa shape index (κ2) is 4.86. The van der Waals surface area contributed by atoms with Crippen LogP contribution >= 0.6 is 10.7 Å². The highest BCUT2D eigenvalue weighted by Crippen LogP contribution is 2.16. The van der Waals surface area contributed by atoms with Crippen LogP contribution in [0.2, 0.25) is 0 Å². The van der Waals surface area contributed by atoms with Gasteiger partial charge in [0, 0.05) is 24.2 Å². The van der Waals surface area contributed by atoms with Crippen molar-refractivity contribution in [2.45, 2.75) is 11.6 Å². The maximum absolute atomic E-state index is 13.0. The second-order valence-electron chi connectivity index (χ2n) is 3.82. The van der Waals surface area contributed by atoms with Gasteiger partial charge in [0.15, 0.2) is 11.6 Å². The minimum atomic E-state index is -3.99. The highest BCUT2D eigenvalue weighted by molar-refractivity contribution is 8.13. The zero-order valence-electron chi connectivity index (χ0n) is 9.64. The first kappa shape index (κ1) is 13.9. The Balaban J connectivity index is 2.34. The summed E-state index contributed by atoms with van der Waals surface area (Å²) in [5.74, 6) is -1.67. The van der Waals surface area contributed by atoms with Crippen LogP contribution < -0.4 is 0 Å². The Morgan fingerprint density at radius 1 is 1.26 bits per heavy atom. The minimum absolute atomic E-state index is 0.104. The van der Waals surface area contributed by atoms with Crippen molar-refractivity contribution in [1.82, 2.24) is 14.8 Å². The van der Waals surface area contributed by atoms with Gasteiger partial charge in [0.2, 0.25) is 0 Å². The summed E-state index contributed by atoms with van der Waals surface area (Å²) in [7, 11) is 2.59. The van der Waals surface area contributed by atoms with Gasteiger partial charge in [-0.3, -0.25) is 0 Å². The third-order valence-corrected chi connectivity index (χ3v) is 3.70. The van der Waals surface area contributed by atoms with Crippen LogP contribution in [0.5, 0.6) is 0 Å². The molecule has 0 unspecified atom stereocenters. The molecule has 0 radical (unpaired) electrons. The van der Waals surface area contributed by atoms with E-state index in [1.807, 2.05) is 0 Å². The van der Waals surface area contributed by atoms with E-state index in [0.29, 0.717) is 5.56 Å². The molecule has 19 heavy (non-hydrogen) atoms. The number of nitrogens with zero attached hydrogens (tertiary/aromatic N) is 3. The lowest BCUT2D eigenvalue weighted by Gasteiger charge is -2.03. The van der Waals surface area contributed by atoms with Crippen LogP contribution in [0.1, 0.15) is 11.4 Å². The topological polar surface area (TPSA) is 64.8 Å². The molecule has 5 nitrogen and oxygen atoms in total. The number of hydrogen-bond donors (Lipinski definition) is 0. The van der Waals surface area contributed by atoms with Crippen molar-refractivity contribution in [2.24, 2.45) is 7.05 Å². The molecule has 0 saturated heterocycles. The van der Waals surface area contributed by atoms with Crippen LogP contribution in [0.3, 0.4) is 0 Å². The average Bonchev–Trinajstić information content (AvgIpc) is 2.65. The van der Waals surface area contributed by atoms with Gasteiger partial charge in [0.1, 0.15) is 5.82 Å². The molecule has 0 fully saturated rings. The van der Waals surface area contributed by atoms with Crippen LogP contribution in [-0.4, -0.2) is 23.2 Å². The molecule has 0 spiro atoms. The molecule has 0 atom stereocenters. The van der Waals surface area contributed by atoms with E-state index < -0.39 is 25.8 Å². The van der Waals surface area contributed by atoms with Crippen molar-refractivity contribution in [3.05, 3.63) is 41.2 Å². The molecule has 1 aromatic carbocycles. The van der Waals surface area contributed by atoms with Crippen molar-refractivity contribution < 1.29 is 17.2 Å². The van der Waals surface area contributed by atoms with Crippen LogP contribution in [-0.2, 0) is 22.5 Å². The maximum Gasteiger partial charge on any atom is 0.296 e. The van der Waals surface area contributed by atoms with Crippen molar-refractivity contribution >= 4 is 19.7 Å². The van der Waals surface area contributed by atoms with E-state index in [0.717, 1.165) is 12.1 Å². The number of halogens is 3. The van der Waals surface area contributed by atoms with E-state index >= 15 is 0 Å². The third kappa shape index (κ3) is 2.90. The molecule has 0 aliphatic carbocycles. The van der Waals surface area contributed by atoms with E-state index in [2.05, 4.69) is 10.2 Å². The Kier molecular flexibility index (Phi) is 3.55. The van der Waals surface area contributed by atoms with E-state index in [-0.39, 0.29) is 12.2 Å². The molecule has 0 amide bonds. The fourth-order valence-electron chi connectivity index (χ4n) is 1.54. The summed E-state index contributed by atoms with van der Waals surface area (Å²) < 4.78 is 49.3. The SMILES string of the molecule is Cn1c(Cc2ccc(F)c(F)c2)nnc1S(=O)(=O)Cl. The highest BCUT2D eigenvalue weighted by Gasteiger charge is 2.20. The third-order valence-electron chi connectivity index (χ3n) is 2.49. The van der Waals surface area contributed by atoms with Gasteiger partial charge < -0.3 is 4.57 Å². The summed E-state index contributed by atoms with van der Waals surface area (Å²) in [5.41, 5.74) is 0.438. The lowest BCUT2D eigenvalue weighted by atomic mass is 10.1. The molecular weight excluding hydrogens is 300 g/mol. The van der Waals surface area contributed by atoms with Gasteiger partial charge in [-0.05, 0) is 17.7 Å². The summed E-state index contributed by atoms with van der Waals surface area (Å²) in [5, 5.41) is 6.71. The molecule has 0 saturated carbocycles. The fourth-order valence-corrected chi connectivity index (χ4v) is 2.52. The van der Waals surface area contributed by atoms with Gasteiger partial charge in [0.05, 0.1) is 0 Å². The van der Waals surface area contributed by atoms with E-state index in [9.17, 15) is 17.2 Å². The predicted molar refractivity (Wildman–Crippen MR) is 63.2 cm³/mol. The average molecular weight is 308 g/mol. The van der Waals surface area contributed by atoms with Crippen LogP contribution in [0.25, 0.3) is 0 Å². The van der Waals surface area contributed by atoms with Gasteiger partial charge in [-0.25, -0.2) is 17.2 Å². The lowest BCUT2D eigenvalue weighted by Crippen LogP contribution is -2.05. The smallest absolute Gasteiger partial charge is 0.296 e. The Bertz CT molecular complexity index is 730. The number of aromatic nitrogens is 3. The lowest BCUT2D eigenvalue weighted by molar-refractivity contribution is 0.507. The summed E-state index contributed by atoms with van der Waals surface area (Å²) >= 11 is 0. The molecule has 1 heterocycles. The van der Waals surface area contributed by atoms with E-state index in [1.54, 1.807) is 0 Å². The number of benzene rings is 1. The monoisotopic (exact) mass is 307 g/mol. The Morgan fingerprint density at radius 2 is 1.95 bits per heavy atom. The first-order chi connectivity index (χ1) is 8.79. The maximum atomic E-state index is 13.0. The van der Waals surface area contributed by atoms with Gasteiger partial charge >= 0.3 is 0 Å². The molecule has 0 N–H and O–H groups in total. The van der Waals surface area contributed by atoms with Crippen molar-refractivity contribution in [3.8, 4) is 0 Å². The van der Waals surface area contributed by atoms with Gasteiger partial charge in [-0.1, -0.05) is 6.07 Å². The van der Waals surface area contributed by atoms with Crippen LogP contribution in [0.15, 0.2) is 23.4 Å². The van der Waals surface area contributed by atoms with Crippen molar-refractivity contribution in [1.29, 1.82) is 0 Å². The number of rotatable bonds is 3. The molecule has 2 rings (SSSR count). The largest absolute Gasteiger partial charge is 0.304 e. The second-order valence-corrected chi connectivity index (χ2v) is 6.28. The van der Waals surface area contributed by atoms with E-state index in [1.165, 1.54) is 17.7 Å².